The number of fused-ring (bicyclic) bond motifs is 1. The number of alkyl halides is 2. The first kappa shape index (κ1) is 22.0. The van der Waals surface area contributed by atoms with E-state index in [1.807, 2.05) is 6.92 Å². The molecule has 166 valence electrons. The third-order valence-corrected chi connectivity index (χ3v) is 5.30. The molecule has 0 unspecified atom stereocenters. The van der Waals surface area contributed by atoms with Gasteiger partial charge in [0.25, 0.3) is 0 Å². The zero-order chi connectivity index (χ0) is 23.0. The Morgan fingerprint density at radius 2 is 1.47 bits per heavy atom. The third kappa shape index (κ3) is 4.24. The van der Waals surface area contributed by atoms with Crippen LogP contribution in [0.2, 0.25) is 0 Å². The molecule has 1 aliphatic rings. The number of rotatable bonds is 6. The Morgan fingerprint density at radius 1 is 0.844 bits per heavy atom. The summed E-state index contributed by atoms with van der Waals surface area (Å²) in [5.41, 5.74) is 0.804. The van der Waals surface area contributed by atoms with E-state index in [-0.39, 0.29) is 12.0 Å². The molecule has 0 amide bonds. The van der Waals surface area contributed by atoms with Gasteiger partial charge in [0.2, 0.25) is 0 Å². The number of aryl methyl sites for hydroxylation is 1. The Balaban J connectivity index is 1.58. The Bertz CT molecular complexity index is 1170. The first-order chi connectivity index (χ1) is 15.2. The van der Waals surface area contributed by atoms with Crippen molar-refractivity contribution in [1.29, 1.82) is 0 Å². The van der Waals surface area contributed by atoms with Gasteiger partial charge < -0.3 is 4.74 Å². The second-order valence-electron chi connectivity index (χ2n) is 7.64. The molecule has 0 saturated carbocycles. The lowest BCUT2D eigenvalue weighted by atomic mass is 10.0. The Morgan fingerprint density at radius 3 is 2.09 bits per heavy atom. The molecule has 0 aromatic heterocycles. The summed E-state index contributed by atoms with van der Waals surface area (Å²) < 4.78 is 90.0. The van der Waals surface area contributed by atoms with Crippen molar-refractivity contribution < 1.29 is 31.1 Å². The summed E-state index contributed by atoms with van der Waals surface area (Å²) in [7, 11) is 0. The summed E-state index contributed by atoms with van der Waals surface area (Å²) in [6.07, 6.45) is -0.887. The number of allylic oxidation sites excluding steroid dienone is 1. The summed E-state index contributed by atoms with van der Waals surface area (Å²) in [5.74, 6) is -5.05. The fourth-order valence-corrected chi connectivity index (χ4v) is 3.77. The van der Waals surface area contributed by atoms with Crippen molar-refractivity contribution in [3.8, 4) is 5.75 Å². The SMILES string of the molecule is CCCc1ccc(C(F)(F)Oc2cc(F)c(C3=Cc4cc(F)c(F)cc4C3)c(F)c2)cc1. The highest BCUT2D eigenvalue weighted by Crippen LogP contribution is 2.38. The summed E-state index contributed by atoms with van der Waals surface area (Å²) in [6.45, 7) is 1.97. The molecule has 0 radical (unpaired) electrons. The van der Waals surface area contributed by atoms with Crippen LogP contribution in [0, 0.1) is 23.3 Å². The van der Waals surface area contributed by atoms with Crippen LogP contribution < -0.4 is 4.74 Å². The monoisotopic (exact) mass is 448 g/mol. The van der Waals surface area contributed by atoms with E-state index in [4.69, 9.17) is 0 Å². The van der Waals surface area contributed by atoms with Gasteiger partial charge in [-0.15, -0.1) is 0 Å². The molecule has 4 rings (SSSR count). The van der Waals surface area contributed by atoms with Crippen molar-refractivity contribution in [2.75, 3.05) is 0 Å². The summed E-state index contributed by atoms with van der Waals surface area (Å²) in [5, 5.41) is 0. The average molecular weight is 448 g/mol. The van der Waals surface area contributed by atoms with Crippen molar-refractivity contribution in [1.82, 2.24) is 0 Å². The van der Waals surface area contributed by atoms with Crippen molar-refractivity contribution in [2.45, 2.75) is 32.3 Å². The highest BCUT2D eigenvalue weighted by atomic mass is 19.3. The van der Waals surface area contributed by atoms with Crippen LogP contribution in [-0.4, -0.2) is 0 Å². The second kappa shape index (κ2) is 8.37. The lowest BCUT2D eigenvalue weighted by molar-refractivity contribution is -0.185. The van der Waals surface area contributed by atoms with Gasteiger partial charge in [-0.05, 0) is 59.4 Å². The topological polar surface area (TPSA) is 9.23 Å². The van der Waals surface area contributed by atoms with Gasteiger partial charge in [-0.1, -0.05) is 31.6 Å². The lowest BCUT2D eigenvalue weighted by Crippen LogP contribution is -2.22. The quantitative estimate of drug-likeness (QED) is 0.357. The number of ether oxygens (including phenoxy) is 1. The third-order valence-electron chi connectivity index (χ3n) is 5.30. The van der Waals surface area contributed by atoms with Crippen LogP contribution in [-0.2, 0) is 19.0 Å². The minimum absolute atomic E-state index is 0.0269. The number of halogens is 6. The summed E-state index contributed by atoms with van der Waals surface area (Å²) >= 11 is 0. The van der Waals surface area contributed by atoms with E-state index in [1.165, 1.54) is 18.2 Å². The van der Waals surface area contributed by atoms with E-state index in [0.29, 0.717) is 23.3 Å². The summed E-state index contributed by atoms with van der Waals surface area (Å²) in [4.78, 5) is 0. The van der Waals surface area contributed by atoms with Crippen LogP contribution in [0.5, 0.6) is 5.75 Å². The van der Waals surface area contributed by atoms with Crippen LogP contribution in [0.3, 0.4) is 0 Å². The normalized spacial score (nSPS) is 13.2. The number of benzene rings is 3. The Labute approximate surface area is 181 Å². The van der Waals surface area contributed by atoms with Crippen LogP contribution in [0.1, 0.15) is 41.2 Å². The van der Waals surface area contributed by atoms with Crippen LogP contribution in [0.25, 0.3) is 11.6 Å². The zero-order valence-electron chi connectivity index (χ0n) is 17.0. The maximum Gasteiger partial charge on any atom is 0.426 e. The molecule has 3 aromatic carbocycles. The summed E-state index contributed by atoms with van der Waals surface area (Å²) in [6, 6.07) is 8.78. The average Bonchev–Trinajstić information content (AvgIpc) is 3.10. The van der Waals surface area contributed by atoms with Crippen LogP contribution >= 0.6 is 0 Å². The molecule has 0 atom stereocenters. The molecule has 0 N–H and O–H groups in total. The van der Waals surface area contributed by atoms with E-state index >= 15 is 0 Å². The molecule has 3 aromatic rings. The molecule has 0 heterocycles. The maximum absolute atomic E-state index is 14.7. The van der Waals surface area contributed by atoms with Crippen molar-refractivity contribution >= 4 is 11.6 Å². The molecule has 0 saturated heterocycles. The van der Waals surface area contributed by atoms with Gasteiger partial charge >= 0.3 is 6.11 Å². The van der Waals surface area contributed by atoms with Gasteiger partial charge in [0, 0.05) is 17.7 Å². The molecule has 0 bridgehead atoms. The Kier molecular flexibility index (Phi) is 5.75. The molecule has 0 fully saturated rings. The predicted molar refractivity (Wildman–Crippen MR) is 109 cm³/mol. The molecule has 1 aliphatic carbocycles. The highest BCUT2D eigenvalue weighted by Gasteiger charge is 2.35. The Hall–Kier alpha value is -3.22. The van der Waals surface area contributed by atoms with E-state index in [1.54, 1.807) is 12.1 Å². The van der Waals surface area contributed by atoms with E-state index < -0.39 is 46.3 Å². The van der Waals surface area contributed by atoms with Crippen LogP contribution in [0.4, 0.5) is 26.3 Å². The van der Waals surface area contributed by atoms with Crippen molar-refractivity contribution in [2.24, 2.45) is 0 Å². The van der Waals surface area contributed by atoms with Gasteiger partial charge in [-0.3, -0.25) is 0 Å². The maximum atomic E-state index is 14.7. The fourth-order valence-electron chi connectivity index (χ4n) is 3.77. The molecular formula is C25H18F6O. The largest absolute Gasteiger partial charge is 0.429 e. The second-order valence-corrected chi connectivity index (χ2v) is 7.64. The predicted octanol–water partition coefficient (Wildman–Crippen LogP) is 7.42. The molecule has 1 nitrogen and oxygen atoms in total. The number of hydrogen-bond donors (Lipinski definition) is 0. The van der Waals surface area contributed by atoms with E-state index in [2.05, 4.69) is 4.74 Å². The highest BCUT2D eigenvalue weighted by molar-refractivity contribution is 5.89. The molecule has 32 heavy (non-hydrogen) atoms. The van der Waals surface area contributed by atoms with Crippen molar-refractivity contribution in [3.63, 3.8) is 0 Å². The van der Waals surface area contributed by atoms with Gasteiger partial charge in [0.05, 0.1) is 5.56 Å². The first-order valence-corrected chi connectivity index (χ1v) is 10.0. The minimum Gasteiger partial charge on any atom is -0.429 e. The standard InChI is InChI=1S/C25H18F6O/c1-2-3-14-4-6-18(7-5-14)25(30,31)32-19-12-22(28)24(23(29)13-19)17-8-15-10-20(26)21(27)11-16(15)9-17/h4-8,10-13H,2-3,9H2,1H3. The van der Waals surface area contributed by atoms with Crippen LogP contribution in [0.15, 0.2) is 48.5 Å². The molecule has 0 aliphatic heterocycles. The molecular weight excluding hydrogens is 430 g/mol. The number of hydrogen-bond acceptors (Lipinski definition) is 1. The minimum atomic E-state index is -3.80. The van der Waals surface area contributed by atoms with Gasteiger partial charge in [0.1, 0.15) is 17.4 Å². The lowest BCUT2D eigenvalue weighted by Gasteiger charge is -2.19. The van der Waals surface area contributed by atoms with Gasteiger partial charge in [0.15, 0.2) is 11.6 Å². The first-order valence-electron chi connectivity index (χ1n) is 10.0. The van der Waals surface area contributed by atoms with E-state index in [9.17, 15) is 26.3 Å². The van der Waals surface area contributed by atoms with Crippen molar-refractivity contribution in [3.05, 3.63) is 99.6 Å². The smallest absolute Gasteiger partial charge is 0.426 e. The van der Waals surface area contributed by atoms with Gasteiger partial charge in [-0.2, -0.15) is 8.78 Å². The van der Waals surface area contributed by atoms with Gasteiger partial charge in [-0.25, -0.2) is 17.6 Å². The molecule has 7 heteroatoms. The zero-order valence-corrected chi connectivity index (χ0v) is 17.0. The molecule has 0 spiro atoms. The fraction of sp³-hybridized carbons (Fsp3) is 0.200. The van der Waals surface area contributed by atoms with E-state index in [0.717, 1.165) is 30.5 Å².